The Hall–Kier alpha value is -3.18. The van der Waals surface area contributed by atoms with E-state index >= 15 is 0 Å². The van der Waals surface area contributed by atoms with E-state index in [0.717, 1.165) is 5.56 Å². The molecule has 26 heavy (non-hydrogen) atoms. The fourth-order valence-electron chi connectivity index (χ4n) is 2.25. The van der Waals surface area contributed by atoms with Gasteiger partial charge in [-0.25, -0.2) is 0 Å². The van der Waals surface area contributed by atoms with E-state index in [4.69, 9.17) is 11.6 Å². The van der Waals surface area contributed by atoms with Gasteiger partial charge < -0.3 is 10.2 Å². The third-order valence-electron chi connectivity index (χ3n) is 3.66. The molecule has 0 radical (unpaired) electrons. The molecule has 5 nitrogen and oxygen atoms in total. The van der Waals surface area contributed by atoms with Crippen molar-refractivity contribution in [2.24, 2.45) is 15.2 Å². The van der Waals surface area contributed by atoms with Gasteiger partial charge in [-0.15, -0.1) is 0 Å². The van der Waals surface area contributed by atoms with E-state index in [0.29, 0.717) is 27.6 Å². The molecular weight excluding hydrogens is 350 g/mol. The molecule has 0 amide bonds. The summed E-state index contributed by atoms with van der Waals surface area (Å²) in [6.07, 6.45) is 1.47. The second kappa shape index (κ2) is 7.80. The average molecular weight is 366 g/mol. The predicted molar refractivity (Wildman–Crippen MR) is 104 cm³/mol. The number of phenolic OH excluding ortho intramolecular Hbond substituents is 2. The van der Waals surface area contributed by atoms with Crippen molar-refractivity contribution in [3.63, 3.8) is 0 Å². The van der Waals surface area contributed by atoms with Crippen molar-refractivity contribution in [1.29, 1.82) is 0 Å². The van der Waals surface area contributed by atoms with Crippen LogP contribution in [0, 0.1) is 6.92 Å². The van der Waals surface area contributed by atoms with Gasteiger partial charge in [-0.2, -0.15) is 10.2 Å². The number of halogens is 1. The zero-order valence-corrected chi connectivity index (χ0v) is 14.7. The topological polar surface area (TPSA) is 77.5 Å². The summed E-state index contributed by atoms with van der Waals surface area (Å²) in [5.41, 5.74) is 2.81. The average Bonchev–Trinajstić information content (AvgIpc) is 2.63. The molecule has 0 spiro atoms. The molecule has 0 unspecified atom stereocenters. The Labute approximate surface area is 156 Å². The summed E-state index contributed by atoms with van der Waals surface area (Å²) in [6.45, 7) is 1.79. The molecule has 2 N–H and O–H groups in total. The van der Waals surface area contributed by atoms with Crippen LogP contribution in [0.1, 0.15) is 11.1 Å². The van der Waals surface area contributed by atoms with Crippen molar-refractivity contribution in [3.05, 3.63) is 76.8 Å². The molecule has 0 fully saturated rings. The number of nitrogens with zero attached hydrogens (tertiary/aromatic N) is 3. The number of azo groups is 1. The quantitative estimate of drug-likeness (QED) is 0.425. The molecule has 0 aliphatic rings. The van der Waals surface area contributed by atoms with Crippen LogP contribution in [0.3, 0.4) is 0 Å². The molecule has 0 heterocycles. The monoisotopic (exact) mass is 365 g/mol. The lowest BCUT2D eigenvalue weighted by Gasteiger charge is -2.03. The van der Waals surface area contributed by atoms with Crippen molar-refractivity contribution in [2.45, 2.75) is 6.92 Å². The van der Waals surface area contributed by atoms with Crippen LogP contribution in [0.2, 0.25) is 5.02 Å². The van der Waals surface area contributed by atoms with Crippen LogP contribution in [0.5, 0.6) is 11.5 Å². The van der Waals surface area contributed by atoms with E-state index in [1.807, 2.05) is 0 Å². The van der Waals surface area contributed by atoms with Crippen molar-refractivity contribution in [1.82, 2.24) is 0 Å². The Balaban J connectivity index is 1.86. The lowest BCUT2D eigenvalue weighted by Crippen LogP contribution is -1.83. The molecule has 0 aliphatic carbocycles. The minimum atomic E-state index is 0.0580. The molecule has 0 saturated heterocycles. The van der Waals surface area contributed by atoms with Gasteiger partial charge in [0, 0.05) is 16.8 Å². The van der Waals surface area contributed by atoms with Crippen LogP contribution in [0.25, 0.3) is 0 Å². The molecule has 0 aliphatic heterocycles. The van der Waals surface area contributed by atoms with Gasteiger partial charge in [-0.3, -0.25) is 4.99 Å². The van der Waals surface area contributed by atoms with Gasteiger partial charge in [0.05, 0.1) is 11.4 Å². The number of para-hydroxylation sites is 1. The number of hydrogen-bond acceptors (Lipinski definition) is 5. The van der Waals surface area contributed by atoms with Crippen LogP contribution in [0.4, 0.5) is 17.1 Å². The first-order chi connectivity index (χ1) is 12.5. The predicted octanol–water partition coefficient (Wildman–Crippen LogP) is 6.23. The number of aliphatic imine (C=N–C) groups is 1. The van der Waals surface area contributed by atoms with Gasteiger partial charge in [0.1, 0.15) is 17.2 Å². The summed E-state index contributed by atoms with van der Waals surface area (Å²) in [5.74, 6) is 0.169. The van der Waals surface area contributed by atoms with Crippen molar-refractivity contribution in [2.75, 3.05) is 0 Å². The highest BCUT2D eigenvalue weighted by atomic mass is 35.5. The third-order valence-corrected chi connectivity index (χ3v) is 3.89. The highest BCUT2D eigenvalue weighted by Crippen LogP contribution is 2.30. The number of aryl methyl sites for hydroxylation is 1. The highest BCUT2D eigenvalue weighted by molar-refractivity contribution is 6.30. The SMILES string of the molecule is Cc1cccc(N=Cc2cc(N=Nc3cccc(Cl)c3)ccc2O)c1O. The van der Waals surface area contributed by atoms with E-state index in [9.17, 15) is 10.2 Å². The van der Waals surface area contributed by atoms with Crippen molar-refractivity contribution >= 4 is 34.9 Å². The fourth-order valence-corrected chi connectivity index (χ4v) is 2.43. The summed E-state index contributed by atoms with van der Waals surface area (Å²) in [5, 5.41) is 28.9. The number of benzene rings is 3. The lowest BCUT2D eigenvalue weighted by atomic mass is 10.2. The molecule has 3 aromatic carbocycles. The maximum atomic E-state index is 10.0. The minimum absolute atomic E-state index is 0.0580. The Morgan fingerprint density at radius 2 is 1.62 bits per heavy atom. The minimum Gasteiger partial charge on any atom is -0.507 e. The Morgan fingerprint density at radius 3 is 2.38 bits per heavy atom. The summed E-state index contributed by atoms with van der Waals surface area (Å²) in [6, 6.07) is 17.1. The second-order valence-electron chi connectivity index (χ2n) is 5.62. The second-order valence-corrected chi connectivity index (χ2v) is 6.06. The first-order valence-electron chi connectivity index (χ1n) is 7.86. The Morgan fingerprint density at radius 1 is 0.885 bits per heavy atom. The van der Waals surface area contributed by atoms with Crippen LogP contribution < -0.4 is 0 Å². The van der Waals surface area contributed by atoms with Crippen LogP contribution in [-0.4, -0.2) is 16.4 Å². The van der Waals surface area contributed by atoms with Gasteiger partial charge >= 0.3 is 0 Å². The number of aromatic hydroxyl groups is 2. The van der Waals surface area contributed by atoms with Crippen LogP contribution in [-0.2, 0) is 0 Å². The zero-order chi connectivity index (χ0) is 18.5. The molecule has 6 heteroatoms. The molecule has 0 atom stereocenters. The van der Waals surface area contributed by atoms with E-state index < -0.39 is 0 Å². The standard InChI is InChI=1S/C20H16ClN3O2/c1-13-4-2-7-18(20(13)26)22-12-14-10-17(8-9-19(14)25)24-23-16-6-3-5-15(21)11-16/h2-12,25-26H,1H3. The molecule has 0 bridgehead atoms. The number of hydrogen-bond donors (Lipinski definition) is 2. The zero-order valence-electron chi connectivity index (χ0n) is 14.0. The summed E-state index contributed by atoms with van der Waals surface area (Å²) >= 11 is 5.92. The molecular formula is C20H16ClN3O2. The first-order valence-corrected chi connectivity index (χ1v) is 8.24. The molecule has 3 aromatic rings. The highest BCUT2D eigenvalue weighted by Gasteiger charge is 2.04. The first kappa shape index (κ1) is 17.6. The van der Waals surface area contributed by atoms with Gasteiger partial charge in [0.15, 0.2) is 0 Å². The van der Waals surface area contributed by atoms with Gasteiger partial charge in [0.25, 0.3) is 0 Å². The van der Waals surface area contributed by atoms with E-state index in [2.05, 4.69) is 15.2 Å². The fraction of sp³-hybridized carbons (Fsp3) is 0.0500. The van der Waals surface area contributed by atoms with E-state index in [-0.39, 0.29) is 11.5 Å². The smallest absolute Gasteiger partial charge is 0.144 e. The lowest BCUT2D eigenvalue weighted by molar-refractivity contribution is 0.472. The summed E-state index contributed by atoms with van der Waals surface area (Å²) in [4.78, 5) is 4.24. The van der Waals surface area contributed by atoms with Gasteiger partial charge in [-0.1, -0.05) is 29.8 Å². The normalized spacial score (nSPS) is 11.5. The largest absolute Gasteiger partial charge is 0.507 e. The maximum absolute atomic E-state index is 10.0. The van der Waals surface area contributed by atoms with Crippen molar-refractivity contribution in [3.8, 4) is 11.5 Å². The van der Waals surface area contributed by atoms with Gasteiger partial charge in [0.2, 0.25) is 0 Å². The molecule has 0 aromatic heterocycles. The van der Waals surface area contributed by atoms with E-state index in [1.165, 1.54) is 12.3 Å². The molecule has 130 valence electrons. The number of phenols is 2. The molecule has 0 saturated carbocycles. The molecule has 3 rings (SSSR count). The summed E-state index contributed by atoms with van der Waals surface area (Å²) in [7, 11) is 0. The third kappa shape index (κ3) is 4.26. The number of rotatable bonds is 4. The summed E-state index contributed by atoms with van der Waals surface area (Å²) < 4.78 is 0. The van der Waals surface area contributed by atoms with Crippen LogP contribution >= 0.6 is 11.6 Å². The Kier molecular flexibility index (Phi) is 5.29. The maximum Gasteiger partial charge on any atom is 0.144 e. The van der Waals surface area contributed by atoms with Crippen LogP contribution in [0.15, 0.2) is 75.9 Å². The van der Waals surface area contributed by atoms with Gasteiger partial charge in [-0.05, 0) is 55.0 Å². The van der Waals surface area contributed by atoms with E-state index in [1.54, 1.807) is 61.5 Å². The Bertz CT molecular complexity index is 1000. The van der Waals surface area contributed by atoms with Crippen molar-refractivity contribution < 1.29 is 10.2 Å².